The molecule has 0 aliphatic carbocycles. The number of aliphatic hydroxyl groups is 1. The lowest BCUT2D eigenvalue weighted by atomic mass is 10.0. The van der Waals surface area contributed by atoms with E-state index in [1.807, 2.05) is 0 Å². The van der Waals surface area contributed by atoms with Gasteiger partial charge in [0.1, 0.15) is 6.10 Å². The number of aliphatic hydroxyl groups excluding tert-OH is 1. The van der Waals surface area contributed by atoms with Crippen LogP contribution in [0.3, 0.4) is 0 Å². The minimum atomic E-state index is -1.50. The molecule has 2 N–H and O–H groups in total. The van der Waals surface area contributed by atoms with Crippen molar-refractivity contribution in [3.05, 3.63) is 20.2 Å². The molecule has 8 heteroatoms. The van der Waals surface area contributed by atoms with Crippen molar-refractivity contribution in [2.24, 2.45) is 0 Å². The van der Waals surface area contributed by atoms with Gasteiger partial charge in [0.25, 0.3) is 5.09 Å². The summed E-state index contributed by atoms with van der Waals surface area (Å²) in [6.45, 7) is 3.82. The molecule has 2 unspecified atom stereocenters. The Balaban J connectivity index is 0. The van der Waals surface area contributed by atoms with Crippen molar-refractivity contribution >= 4 is 0 Å². The third-order valence-electron chi connectivity index (χ3n) is 2.24. The number of hydrogen-bond acceptors (Lipinski definition) is 5. The summed E-state index contributed by atoms with van der Waals surface area (Å²) in [5.41, 5.74) is 0. The van der Waals surface area contributed by atoms with Crippen molar-refractivity contribution < 1.29 is 20.3 Å². The second kappa shape index (κ2) is 11.1. The Morgan fingerprint density at radius 3 is 1.94 bits per heavy atom. The van der Waals surface area contributed by atoms with E-state index in [0.29, 0.717) is 12.8 Å². The van der Waals surface area contributed by atoms with Crippen LogP contribution < -0.4 is 0 Å². The molecule has 17 heavy (non-hydrogen) atoms. The molecule has 102 valence electrons. The molecule has 0 fully saturated rings. The summed E-state index contributed by atoms with van der Waals surface area (Å²) in [5.74, 6) is 0. The van der Waals surface area contributed by atoms with E-state index < -0.39 is 17.2 Å². The van der Waals surface area contributed by atoms with Crippen molar-refractivity contribution in [1.82, 2.24) is 0 Å². The molecule has 0 aromatic rings. The van der Waals surface area contributed by atoms with Gasteiger partial charge in [-0.25, -0.2) is 0 Å². The van der Waals surface area contributed by atoms with Crippen molar-refractivity contribution in [3.8, 4) is 0 Å². The number of unbranched alkanes of at least 4 members (excludes halogenated alkanes) is 2. The van der Waals surface area contributed by atoms with Gasteiger partial charge in [-0.05, 0) is 12.8 Å². The minimum Gasteiger partial charge on any atom is -0.386 e. The fraction of sp³-hybridized carbons (Fsp3) is 1.00. The summed E-state index contributed by atoms with van der Waals surface area (Å²) in [6, 6.07) is -0.767. The van der Waals surface area contributed by atoms with E-state index in [-0.39, 0.29) is 4.92 Å². The summed E-state index contributed by atoms with van der Waals surface area (Å²) in [4.78, 5) is 18.5. The van der Waals surface area contributed by atoms with Crippen LogP contribution in [-0.2, 0) is 0 Å². The van der Waals surface area contributed by atoms with Gasteiger partial charge in [-0.2, -0.15) is 0 Å². The Labute approximate surface area is 99.5 Å². The fourth-order valence-corrected chi connectivity index (χ4v) is 1.31. The lowest BCUT2D eigenvalue weighted by molar-refractivity contribution is -0.742. The zero-order valence-electron chi connectivity index (χ0n) is 10.1. The molecular weight excluding hydrogens is 232 g/mol. The van der Waals surface area contributed by atoms with E-state index in [9.17, 15) is 15.2 Å². The minimum absolute atomic E-state index is 0.357. The monoisotopic (exact) mass is 252 g/mol. The average molecular weight is 252 g/mol. The summed E-state index contributed by atoms with van der Waals surface area (Å²) < 4.78 is 0. The van der Waals surface area contributed by atoms with Crippen LogP contribution in [0.5, 0.6) is 0 Å². The van der Waals surface area contributed by atoms with Gasteiger partial charge < -0.3 is 10.3 Å². The summed E-state index contributed by atoms with van der Waals surface area (Å²) >= 11 is 0. The van der Waals surface area contributed by atoms with E-state index >= 15 is 0 Å². The zero-order chi connectivity index (χ0) is 13.8. The van der Waals surface area contributed by atoms with Crippen LogP contribution in [0.1, 0.15) is 46.0 Å². The highest BCUT2D eigenvalue weighted by molar-refractivity contribution is 4.66. The first-order chi connectivity index (χ1) is 7.86. The molecule has 0 heterocycles. The number of nitrogens with zero attached hydrogens (tertiary/aromatic N) is 2. The van der Waals surface area contributed by atoms with Gasteiger partial charge in [0, 0.05) is 11.3 Å². The van der Waals surface area contributed by atoms with E-state index in [4.69, 9.17) is 15.3 Å². The number of hydrogen-bond donors (Lipinski definition) is 2. The predicted octanol–water partition coefficient (Wildman–Crippen LogP) is 1.64. The second-order valence-electron chi connectivity index (χ2n) is 3.56. The van der Waals surface area contributed by atoms with Gasteiger partial charge in [0.15, 0.2) is 0 Å². The predicted molar refractivity (Wildman–Crippen MR) is 60.0 cm³/mol. The van der Waals surface area contributed by atoms with Gasteiger partial charge in [0.05, 0.1) is 0 Å². The summed E-state index contributed by atoms with van der Waals surface area (Å²) in [5, 5.41) is 33.5. The first-order valence-corrected chi connectivity index (χ1v) is 5.51. The van der Waals surface area contributed by atoms with Crippen LogP contribution in [0.15, 0.2) is 0 Å². The SMILES string of the molecule is CCCCCC(C(O)CC)[N+](=O)[O-].O=[N+]([O-])O. The Kier molecular flexibility index (Phi) is 11.7. The lowest BCUT2D eigenvalue weighted by Crippen LogP contribution is -2.33. The Bertz CT molecular complexity index is 220. The molecule has 0 aromatic heterocycles. The quantitative estimate of drug-likeness (QED) is 0.402. The molecule has 0 aliphatic rings. The average Bonchev–Trinajstić information content (AvgIpc) is 2.22. The van der Waals surface area contributed by atoms with Crippen LogP contribution in [-0.4, -0.2) is 32.5 Å². The van der Waals surface area contributed by atoms with Crippen molar-refractivity contribution in [3.63, 3.8) is 0 Å². The largest absolute Gasteiger partial charge is 0.386 e. The van der Waals surface area contributed by atoms with Crippen LogP contribution in [0.4, 0.5) is 0 Å². The third kappa shape index (κ3) is 12.5. The zero-order valence-corrected chi connectivity index (χ0v) is 10.1. The van der Waals surface area contributed by atoms with Crippen molar-refractivity contribution in [2.45, 2.75) is 58.1 Å². The third-order valence-corrected chi connectivity index (χ3v) is 2.24. The molecule has 2 atom stereocenters. The highest BCUT2D eigenvalue weighted by Crippen LogP contribution is 2.11. The molecule has 0 rings (SSSR count). The normalized spacial score (nSPS) is 13.1. The van der Waals surface area contributed by atoms with Crippen molar-refractivity contribution in [1.29, 1.82) is 0 Å². The van der Waals surface area contributed by atoms with Crippen LogP contribution in [0, 0.1) is 20.2 Å². The Morgan fingerprint density at radius 1 is 1.18 bits per heavy atom. The highest BCUT2D eigenvalue weighted by atomic mass is 16.9. The standard InChI is InChI=1S/C9H19NO3.HNO3/c1-3-5-6-7-8(10(12)13)9(11)4-2;2-1(3)4/h8-9,11H,3-7H2,1-2H3;(H,2,3,4). The molecule has 0 aliphatic heterocycles. The van der Waals surface area contributed by atoms with Crippen LogP contribution in [0.2, 0.25) is 0 Å². The Hall–Kier alpha value is -1.44. The van der Waals surface area contributed by atoms with Gasteiger partial charge >= 0.3 is 0 Å². The molecule has 0 saturated carbocycles. The smallest absolute Gasteiger partial charge is 0.291 e. The topological polar surface area (TPSA) is 127 Å². The molecule has 0 spiro atoms. The molecule has 0 bridgehead atoms. The first kappa shape index (κ1) is 17.9. The van der Waals surface area contributed by atoms with Gasteiger partial charge in [0.2, 0.25) is 6.04 Å². The molecule has 8 nitrogen and oxygen atoms in total. The molecule has 0 saturated heterocycles. The lowest BCUT2D eigenvalue weighted by Gasteiger charge is -2.13. The first-order valence-electron chi connectivity index (χ1n) is 5.51. The van der Waals surface area contributed by atoms with E-state index in [1.54, 1.807) is 6.92 Å². The molecule has 0 aromatic carbocycles. The van der Waals surface area contributed by atoms with Crippen molar-refractivity contribution in [2.75, 3.05) is 0 Å². The molecule has 0 radical (unpaired) electrons. The van der Waals surface area contributed by atoms with E-state index in [2.05, 4.69) is 6.92 Å². The van der Waals surface area contributed by atoms with Gasteiger partial charge in [-0.3, -0.25) is 10.1 Å². The highest BCUT2D eigenvalue weighted by Gasteiger charge is 2.27. The summed E-state index contributed by atoms with van der Waals surface area (Å²) in [6.07, 6.45) is 3.05. The number of nitro groups is 1. The maximum absolute atomic E-state index is 10.5. The summed E-state index contributed by atoms with van der Waals surface area (Å²) in [7, 11) is 0. The second-order valence-corrected chi connectivity index (χ2v) is 3.56. The molecule has 0 amide bonds. The van der Waals surface area contributed by atoms with Crippen LogP contribution >= 0.6 is 0 Å². The maximum Gasteiger partial charge on any atom is 0.291 e. The number of rotatable bonds is 7. The fourth-order valence-electron chi connectivity index (χ4n) is 1.31. The van der Waals surface area contributed by atoms with Gasteiger partial charge in [-0.15, -0.1) is 10.1 Å². The maximum atomic E-state index is 10.5. The van der Waals surface area contributed by atoms with E-state index in [1.165, 1.54) is 0 Å². The van der Waals surface area contributed by atoms with E-state index in [0.717, 1.165) is 19.3 Å². The van der Waals surface area contributed by atoms with Crippen LogP contribution in [0.25, 0.3) is 0 Å². The molecular formula is C9H20N2O6. The van der Waals surface area contributed by atoms with Gasteiger partial charge in [-0.1, -0.05) is 26.7 Å². The Morgan fingerprint density at radius 2 is 1.65 bits per heavy atom.